The zero-order valence-corrected chi connectivity index (χ0v) is 17.5. The number of anilines is 1. The lowest BCUT2D eigenvalue weighted by atomic mass is 10.0. The first-order valence-electron chi connectivity index (χ1n) is 10.5. The third-order valence-corrected chi connectivity index (χ3v) is 5.75. The average molecular weight is 451 g/mol. The van der Waals surface area contributed by atoms with Crippen LogP contribution in [0.1, 0.15) is 18.4 Å². The molecule has 0 saturated carbocycles. The van der Waals surface area contributed by atoms with Gasteiger partial charge in [-0.1, -0.05) is 24.3 Å². The highest BCUT2D eigenvalue weighted by Crippen LogP contribution is 2.31. The number of rotatable bonds is 5. The zero-order valence-electron chi connectivity index (χ0n) is 17.5. The van der Waals surface area contributed by atoms with Crippen LogP contribution in [0, 0.1) is 17.5 Å². The van der Waals surface area contributed by atoms with Gasteiger partial charge in [0.1, 0.15) is 11.5 Å². The number of halogens is 3. The van der Waals surface area contributed by atoms with Crippen molar-refractivity contribution in [3.8, 4) is 28.2 Å². The van der Waals surface area contributed by atoms with Gasteiger partial charge in [0.05, 0.1) is 5.56 Å². The van der Waals surface area contributed by atoms with E-state index in [2.05, 4.69) is 37.5 Å². The molecule has 1 saturated heterocycles. The summed E-state index contributed by atoms with van der Waals surface area (Å²) in [6, 6.07) is 11.3. The lowest BCUT2D eigenvalue weighted by Crippen LogP contribution is -2.18. The van der Waals surface area contributed by atoms with E-state index in [1.165, 1.54) is 18.4 Å². The molecule has 0 spiro atoms. The molecule has 3 heterocycles. The average Bonchev–Trinajstić information content (AvgIpc) is 3.50. The number of aromatic nitrogens is 5. The first kappa shape index (κ1) is 21.1. The summed E-state index contributed by atoms with van der Waals surface area (Å²) in [7, 11) is 0. The highest BCUT2D eigenvalue weighted by Gasteiger charge is 2.23. The quantitative estimate of drug-likeness (QED) is 0.462. The normalized spacial score (nSPS) is 14.2. The van der Waals surface area contributed by atoms with Gasteiger partial charge in [0.15, 0.2) is 23.3 Å². The minimum absolute atomic E-state index is 0.0593. The molecule has 7 nitrogen and oxygen atoms in total. The van der Waals surface area contributed by atoms with Crippen LogP contribution in [0.4, 0.5) is 19.0 Å². The van der Waals surface area contributed by atoms with E-state index in [1.54, 1.807) is 12.3 Å². The van der Waals surface area contributed by atoms with Crippen LogP contribution in [-0.4, -0.2) is 43.2 Å². The van der Waals surface area contributed by atoms with E-state index < -0.39 is 23.1 Å². The lowest BCUT2D eigenvalue weighted by Gasteiger charge is -2.15. The minimum Gasteiger partial charge on any atom is -0.383 e. The van der Waals surface area contributed by atoms with E-state index in [9.17, 15) is 13.2 Å². The zero-order chi connectivity index (χ0) is 22.9. The number of tetrazole rings is 1. The van der Waals surface area contributed by atoms with Gasteiger partial charge < -0.3 is 5.73 Å². The van der Waals surface area contributed by atoms with Crippen molar-refractivity contribution >= 4 is 5.82 Å². The molecule has 0 atom stereocenters. The summed E-state index contributed by atoms with van der Waals surface area (Å²) >= 11 is 0. The Morgan fingerprint density at radius 1 is 0.909 bits per heavy atom. The second-order valence-corrected chi connectivity index (χ2v) is 7.94. The summed E-state index contributed by atoms with van der Waals surface area (Å²) in [5, 5.41) is 11.0. The Balaban J connectivity index is 1.50. The molecule has 33 heavy (non-hydrogen) atoms. The second kappa shape index (κ2) is 8.62. The molecular weight excluding hydrogens is 431 g/mol. The Labute approximate surface area is 187 Å². The van der Waals surface area contributed by atoms with Gasteiger partial charge in [-0.2, -0.15) is 4.68 Å². The molecule has 0 radical (unpaired) electrons. The van der Waals surface area contributed by atoms with Gasteiger partial charge in [0.2, 0.25) is 0 Å². The molecular formula is C23H20F3N7. The number of nitrogens with zero attached hydrogens (tertiary/aromatic N) is 6. The van der Waals surface area contributed by atoms with Gasteiger partial charge in [-0.3, -0.25) is 4.90 Å². The van der Waals surface area contributed by atoms with Crippen molar-refractivity contribution in [2.24, 2.45) is 0 Å². The van der Waals surface area contributed by atoms with Crippen LogP contribution in [0.3, 0.4) is 0 Å². The van der Waals surface area contributed by atoms with Crippen molar-refractivity contribution in [3.05, 3.63) is 71.7 Å². The summed E-state index contributed by atoms with van der Waals surface area (Å²) in [5.41, 5.74) is 8.40. The lowest BCUT2D eigenvalue weighted by molar-refractivity contribution is 0.331. The molecule has 1 aliphatic heterocycles. The molecule has 0 aliphatic carbocycles. The van der Waals surface area contributed by atoms with Crippen molar-refractivity contribution in [2.75, 3.05) is 18.8 Å². The van der Waals surface area contributed by atoms with Crippen molar-refractivity contribution in [1.29, 1.82) is 0 Å². The molecule has 2 aromatic carbocycles. The summed E-state index contributed by atoms with van der Waals surface area (Å²) in [4.78, 5) is 6.63. The maximum atomic E-state index is 14.4. The first-order valence-corrected chi connectivity index (χ1v) is 10.5. The number of pyridine rings is 1. The Morgan fingerprint density at radius 2 is 1.64 bits per heavy atom. The molecule has 0 unspecified atom stereocenters. The molecule has 4 aromatic rings. The standard InChI is InChI=1S/C23H20F3N7/c24-18-7-8-19(25)21(20(18)26)33-23(29-30-31-33)17-11-16(12-28-22(17)27)15-5-3-14(4-6-15)13-32-9-1-2-10-32/h3-8,11-12H,1-2,9-10,13H2,(H2,27,28). The van der Waals surface area contributed by atoms with Crippen molar-refractivity contribution < 1.29 is 13.2 Å². The third kappa shape index (κ3) is 4.05. The fourth-order valence-corrected chi connectivity index (χ4v) is 4.03. The number of hydrogen-bond acceptors (Lipinski definition) is 6. The third-order valence-electron chi connectivity index (χ3n) is 5.75. The maximum absolute atomic E-state index is 14.4. The Morgan fingerprint density at radius 3 is 2.39 bits per heavy atom. The SMILES string of the molecule is Nc1ncc(-c2ccc(CN3CCCC3)cc2)cc1-c1nnnn1-c1c(F)ccc(F)c1F. The largest absolute Gasteiger partial charge is 0.383 e. The molecule has 2 aromatic heterocycles. The van der Waals surface area contributed by atoms with E-state index in [0.29, 0.717) is 6.07 Å². The van der Waals surface area contributed by atoms with E-state index in [4.69, 9.17) is 5.73 Å². The van der Waals surface area contributed by atoms with Crippen LogP contribution in [-0.2, 0) is 6.54 Å². The van der Waals surface area contributed by atoms with E-state index in [1.807, 2.05) is 12.1 Å². The van der Waals surface area contributed by atoms with Gasteiger partial charge in [-0.25, -0.2) is 18.2 Å². The van der Waals surface area contributed by atoms with Gasteiger partial charge in [-0.15, -0.1) is 5.10 Å². The highest BCUT2D eigenvalue weighted by molar-refractivity contribution is 5.76. The Kier molecular flexibility index (Phi) is 5.51. The summed E-state index contributed by atoms with van der Waals surface area (Å²) in [5.74, 6) is -3.63. The van der Waals surface area contributed by atoms with Crippen LogP contribution >= 0.6 is 0 Å². The molecule has 10 heteroatoms. The fraction of sp³-hybridized carbons (Fsp3) is 0.217. The Bertz CT molecular complexity index is 1300. The smallest absolute Gasteiger partial charge is 0.191 e. The molecule has 5 rings (SSSR count). The first-order chi connectivity index (χ1) is 16.0. The Hall–Kier alpha value is -3.79. The predicted octanol–water partition coefficient (Wildman–Crippen LogP) is 3.99. The number of benzene rings is 2. The molecule has 1 aliphatic rings. The van der Waals surface area contributed by atoms with E-state index in [0.717, 1.165) is 41.5 Å². The van der Waals surface area contributed by atoms with Crippen LogP contribution in [0.2, 0.25) is 0 Å². The number of nitrogen functional groups attached to an aromatic ring is 1. The topological polar surface area (TPSA) is 85.8 Å². The van der Waals surface area contributed by atoms with Gasteiger partial charge in [0, 0.05) is 18.3 Å². The van der Waals surface area contributed by atoms with Crippen LogP contribution in [0.25, 0.3) is 28.2 Å². The minimum atomic E-state index is -1.40. The maximum Gasteiger partial charge on any atom is 0.191 e. The van der Waals surface area contributed by atoms with Crippen LogP contribution in [0.15, 0.2) is 48.7 Å². The van der Waals surface area contributed by atoms with Gasteiger partial charge in [-0.05, 0) is 65.7 Å². The second-order valence-electron chi connectivity index (χ2n) is 7.94. The molecule has 0 bridgehead atoms. The van der Waals surface area contributed by atoms with E-state index >= 15 is 0 Å². The molecule has 1 fully saturated rings. The fourth-order valence-electron chi connectivity index (χ4n) is 4.03. The highest BCUT2D eigenvalue weighted by atomic mass is 19.2. The number of hydrogen-bond donors (Lipinski definition) is 1. The number of likely N-dealkylation sites (tertiary alicyclic amines) is 1. The predicted molar refractivity (Wildman–Crippen MR) is 117 cm³/mol. The van der Waals surface area contributed by atoms with Gasteiger partial charge in [0.25, 0.3) is 0 Å². The van der Waals surface area contributed by atoms with Gasteiger partial charge >= 0.3 is 0 Å². The molecule has 168 valence electrons. The van der Waals surface area contributed by atoms with Crippen molar-refractivity contribution in [2.45, 2.75) is 19.4 Å². The summed E-state index contributed by atoms with van der Waals surface area (Å²) in [6.45, 7) is 3.15. The van der Waals surface area contributed by atoms with Crippen LogP contribution in [0.5, 0.6) is 0 Å². The van der Waals surface area contributed by atoms with Crippen LogP contribution < -0.4 is 5.73 Å². The molecule has 0 amide bonds. The number of nitrogens with two attached hydrogens (primary N) is 1. The van der Waals surface area contributed by atoms with Crippen molar-refractivity contribution in [1.82, 2.24) is 30.1 Å². The molecule has 2 N–H and O–H groups in total. The summed E-state index contributed by atoms with van der Waals surface area (Å²) < 4.78 is 43.2. The van der Waals surface area contributed by atoms with E-state index in [-0.39, 0.29) is 17.2 Å². The van der Waals surface area contributed by atoms with Crippen molar-refractivity contribution in [3.63, 3.8) is 0 Å². The monoisotopic (exact) mass is 451 g/mol. The summed E-state index contributed by atoms with van der Waals surface area (Å²) in [6.07, 6.45) is 4.08.